The highest BCUT2D eigenvalue weighted by atomic mass is 16.5. The maximum atomic E-state index is 13.0. The van der Waals surface area contributed by atoms with Gasteiger partial charge in [-0.15, -0.1) is 0 Å². The second kappa shape index (κ2) is 7.55. The molecule has 0 radical (unpaired) electrons. The zero-order chi connectivity index (χ0) is 21.4. The van der Waals surface area contributed by atoms with Gasteiger partial charge in [0.2, 0.25) is 0 Å². The Morgan fingerprint density at radius 1 is 0.867 bits per heavy atom. The van der Waals surface area contributed by atoms with E-state index in [1.54, 1.807) is 0 Å². The lowest BCUT2D eigenvalue weighted by Crippen LogP contribution is -2.16. The second-order valence-corrected chi connectivity index (χ2v) is 7.12. The smallest absolute Gasteiger partial charge is 0.340 e. The van der Waals surface area contributed by atoms with Gasteiger partial charge in [-0.25, -0.2) is 9.59 Å². The summed E-state index contributed by atoms with van der Waals surface area (Å²) in [6, 6.07) is 17.7. The number of esters is 2. The molecule has 0 atom stereocenters. The van der Waals surface area contributed by atoms with Crippen LogP contribution < -0.4 is 4.90 Å². The molecular formula is C24H22N2O4. The summed E-state index contributed by atoms with van der Waals surface area (Å²) in [6.45, 7) is 0. The lowest BCUT2D eigenvalue weighted by Gasteiger charge is -2.20. The van der Waals surface area contributed by atoms with Gasteiger partial charge in [0.05, 0.1) is 31.2 Å². The summed E-state index contributed by atoms with van der Waals surface area (Å²) in [5, 5.41) is 0. The molecule has 6 heteroatoms. The molecule has 1 aromatic heterocycles. The van der Waals surface area contributed by atoms with Gasteiger partial charge in [-0.3, -0.25) is 0 Å². The number of ether oxygens (including phenoxy) is 2. The van der Waals surface area contributed by atoms with Crippen molar-refractivity contribution in [2.24, 2.45) is 0 Å². The van der Waals surface area contributed by atoms with Crippen LogP contribution in [0.2, 0.25) is 0 Å². The fourth-order valence-corrected chi connectivity index (χ4v) is 3.98. The van der Waals surface area contributed by atoms with Crippen LogP contribution in [0.4, 0.5) is 5.69 Å². The summed E-state index contributed by atoms with van der Waals surface area (Å²) in [5.41, 5.74) is 5.13. The summed E-state index contributed by atoms with van der Waals surface area (Å²) < 4.78 is 12.2. The van der Waals surface area contributed by atoms with Crippen molar-refractivity contribution in [2.45, 2.75) is 0 Å². The molecule has 0 saturated heterocycles. The molecule has 0 unspecified atom stereocenters. The summed E-state index contributed by atoms with van der Waals surface area (Å²) in [7, 11) is 6.30. The van der Waals surface area contributed by atoms with Crippen LogP contribution in [0.25, 0.3) is 27.9 Å². The van der Waals surface area contributed by atoms with Crippen LogP contribution in [0, 0.1) is 0 Å². The van der Waals surface area contributed by atoms with E-state index in [9.17, 15) is 9.59 Å². The molecule has 0 saturated carbocycles. The Hall–Kier alpha value is -3.80. The fraction of sp³-hybridized carbons (Fsp3) is 0.167. The molecule has 1 aromatic carbocycles. The Balaban J connectivity index is 2.30. The molecule has 4 rings (SSSR count). The molecule has 6 nitrogen and oxygen atoms in total. The Bertz CT molecular complexity index is 1230. The highest BCUT2D eigenvalue weighted by Crippen LogP contribution is 2.48. The highest BCUT2D eigenvalue weighted by Gasteiger charge is 2.37. The first-order chi connectivity index (χ1) is 14.5. The molecule has 2 aliphatic rings. The Kier molecular flexibility index (Phi) is 4.91. The molecule has 0 amide bonds. The van der Waals surface area contributed by atoms with Crippen molar-refractivity contribution in [3.63, 3.8) is 0 Å². The molecule has 0 bridgehead atoms. The van der Waals surface area contributed by atoms with Crippen molar-refractivity contribution in [3.05, 3.63) is 71.9 Å². The maximum Gasteiger partial charge on any atom is 0.340 e. The van der Waals surface area contributed by atoms with E-state index >= 15 is 0 Å². The molecule has 0 N–H and O–H groups in total. The third-order valence-electron chi connectivity index (χ3n) is 5.20. The van der Waals surface area contributed by atoms with E-state index in [0.717, 1.165) is 22.3 Å². The Morgan fingerprint density at radius 3 is 2.13 bits per heavy atom. The van der Waals surface area contributed by atoms with E-state index in [2.05, 4.69) is 0 Å². The lowest BCUT2D eigenvalue weighted by molar-refractivity contribution is 0.0558. The van der Waals surface area contributed by atoms with Crippen LogP contribution in [0.15, 0.2) is 60.8 Å². The Morgan fingerprint density at radius 2 is 1.50 bits per heavy atom. The first-order valence-electron chi connectivity index (χ1n) is 9.48. The van der Waals surface area contributed by atoms with Gasteiger partial charge in [-0.2, -0.15) is 0 Å². The van der Waals surface area contributed by atoms with Crippen molar-refractivity contribution < 1.29 is 19.1 Å². The third-order valence-corrected chi connectivity index (χ3v) is 5.20. The normalized spacial score (nSPS) is 10.9. The van der Waals surface area contributed by atoms with Gasteiger partial charge < -0.3 is 18.8 Å². The van der Waals surface area contributed by atoms with E-state index in [1.807, 2.05) is 84.2 Å². The van der Waals surface area contributed by atoms with Crippen LogP contribution in [-0.2, 0) is 9.47 Å². The van der Waals surface area contributed by atoms with Crippen LogP contribution in [-0.4, -0.2) is 44.7 Å². The summed E-state index contributed by atoms with van der Waals surface area (Å²) in [6.07, 6.45) is 1.92. The number of nitrogens with zero attached hydrogens (tertiary/aromatic N) is 2. The molecule has 2 aromatic rings. The van der Waals surface area contributed by atoms with E-state index in [-0.39, 0.29) is 11.1 Å². The molecule has 152 valence electrons. The third kappa shape index (κ3) is 2.88. The predicted molar refractivity (Wildman–Crippen MR) is 116 cm³/mol. The first kappa shape index (κ1) is 19.5. The zero-order valence-corrected chi connectivity index (χ0v) is 17.3. The minimum atomic E-state index is -0.584. The fourth-order valence-electron chi connectivity index (χ4n) is 3.98. The Labute approximate surface area is 174 Å². The van der Waals surface area contributed by atoms with Crippen molar-refractivity contribution in [2.75, 3.05) is 33.2 Å². The number of methoxy groups -OCH3 is 2. The number of fused-ring (bicyclic) bond motifs is 3. The van der Waals surface area contributed by atoms with E-state index in [1.165, 1.54) is 14.2 Å². The average Bonchev–Trinajstić information content (AvgIpc) is 3.14. The van der Waals surface area contributed by atoms with Gasteiger partial charge in [0, 0.05) is 31.4 Å². The number of carbonyl (C=O) groups is 2. The van der Waals surface area contributed by atoms with Gasteiger partial charge in [0.25, 0.3) is 0 Å². The molecule has 0 fully saturated rings. The number of benzene rings is 1. The van der Waals surface area contributed by atoms with Gasteiger partial charge in [0.1, 0.15) is 5.56 Å². The minimum Gasteiger partial charge on any atom is -0.465 e. The SMILES string of the molecule is COC(=O)c1c(C(=O)OC)c(N(C)C)c2n3ccccc3cc(-c3ccccc3)c1-2. The van der Waals surface area contributed by atoms with E-state index in [0.29, 0.717) is 11.3 Å². The number of hydrogen-bond acceptors (Lipinski definition) is 5. The van der Waals surface area contributed by atoms with Crippen LogP contribution in [0.1, 0.15) is 20.7 Å². The average molecular weight is 402 g/mol. The van der Waals surface area contributed by atoms with Gasteiger partial charge in [0.15, 0.2) is 0 Å². The molecule has 1 aliphatic heterocycles. The molecular weight excluding hydrogens is 380 g/mol. The van der Waals surface area contributed by atoms with Crippen LogP contribution in [0.3, 0.4) is 0 Å². The van der Waals surface area contributed by atoms with Crippen molar-refractivity contribution in [3.8, 4) is 22.4 Å². The number of carbonyl (C=O) groups excluding carboxylic acids is 2. The van der Waals surface area contributed by atoms with E-state index in [4.69, 9.17) is 9.47 Å². The molecule has 0 spiro atoms. The molecule has 2 heterocycles. The number of anilines is 1. The minimum absolute atomic E-state index is 0.199. The number of aromatic nitrogens is 1. The largest absolute Gasteiger partial charge is 0.465 e. The second-order valence-electron chi connectivity index (χ2n) is 7.12. The molecule has 1 aliphatic carbocycles. The standard InChI is InChI=1S/C24H22N2O4/c1-25(2)21-20(24(28)30-4)19(23(27)29-3)18-17(15-10-6-5-7-11-15)14-16-12-8-9-13-26(16)22(18)21/h5-14H,1-4H3. The highest BCUT2D eigenvalue weighted by molar-refractivity contribution is 6.18. The summed E-state index contributed by atoms with van der Waals surface area (Å²) in [5.74, 6) is -1.17. The topological polar surface area (TPSA) is 60.3 Å². The number of rotatable bonds is 4. The van der Waals surface area contributed by atoms with Crippen LogP contribution in [0.5, 0.6) is 0 Å². The zero-order valence-electron chi connectivity index (χ0n) is 17.3. The van der Waals surface area contributed by atoms with Crippen molar-refractivity contribution in [1.82, 2.24) is 4.40 Å². The maximum absolute atomic E-state index is 13.0. The van der Waals surface area contributed by atoms with Gasteiger partial charge in [-0.05, 0) is 29.3 Å². The number of pyridine rings is 2. The summed E-state index contributed by atoms with van der Waals surface area (Å²) in [4.78, 5) is 27.7. The van der Waals surface area contributed by atoms with Gasteiger partial charge >= 0.3 is 11.9 Å². The van der Waals surface area contributed by atoms with Crippen molar-refractivity contribution in [1.29, 1.82) is 0 Å². The van der Waals surface area contributed by atoms with Crippen molar-refractivity contribution >= 4 is 23.1 Å². The predicted octanol–water partition coefficient (Wildman–Crippen LogP) is 4.35. The first-order valence-corrected chi connectivity index (χ1v) is 9.48. The molecule has 30 heavy (non-hydrogen) atoms. The summed E-state index contributed by atoms with van der Waals surface area (Å²) >= 11 is 0. The van der Waals surface area contributed by atoms with E-state index < -0.39 is 11.9 Å². The lowest BCUT2D eigenvalue weighted by atomic mass is 9.95. The monoisotopic (exact) mass is 402 g/mol. The van der Waals surface area contributed by atoms with Crippen LogP contribution >= 0.6 is 0 Å². The quantitative estimate of drug-likeness (QED) is 0.475. The number of hydrogen-bond donors (Lipinski definition) is 0. The van der Waals surface area contributed by atoms with Gasteiger partial charge in [-0.1, -0.05) is 36.4 Å².